The zero-order chi connectivity index (χ0) is 21.2. The predicted molar refractivity (Wildman–Crippen MR) is 102 cm³/mol. The lowest BCUT2D eigenvalue weighted by Gasteiger charge is -2.08. The second kappa shape index (κ2) is 10.5. The van der Waals surface area contributed by atoms with Crippen LogP contribution in [-0.4, -0.2) is 38.0 Å². The molecule has 2 rings (SSSR count). The van der Waals surface area contributed by atoms with E-state index in [0.29, 0.717) is 11.3 Å². The molecule has 9 heteroatoms. The first-order valence-electron chi connectivity index (χ1n) is 8.37. The molecule has 0 saturated heterocycles. The number of halogens is 2. The van der Waals surface area contributed by atoms with Gasteiger partial charge in [0.1, 0.15) is 12.3 Å². The molecule has 2 aromatic carbocycles. The Hall–Kier alpha value is -3.75. The van der Waals surface area contributed by atoms with E-state index in [0.717, 1.165) is 6.08 Å². The molecule has 0 aromatic heterocycles. The van der Waals surface area contributed by atoms with Crippen molar-refractivity contribution in [3.8, 4) is 5.75 Å². The number of esters is 1. The van der Waals surface area contributed by atoms with E-state index in [4.69, 9.17) is 0 Å². The highest BCUT2D eigenvalue weighted by atomic mass is 19.3. The summed E-state index contributed by atoms with van der Waals surface area (Å²) in [6.45, 7) is -3.26. The van der Waals surface area contributed by atoms with Crippen LogP contribution in [0, 0.1) is 0 Å². The Balaban J connectivity index is 2.02. The summed E-state index contributed by atoms with van der Waals surface area (Å²) in [6.07, 6.45) is 2.48. The van der Waals surface area contributed by atoms with E-state index in [1.54, 1.807) is 18.2 Å². The van der Waals surface area contributed by atoms with Crippen LogP contribution in [0.5, 0.6) is 5.75 Å². The summed E-state index contributed by atoms with van der Waals surface area (Å²) in [5.74, 6) is -1.70. The summed E-state index contributed by atoms with van der Waals surface area (Å²) in [5.41, 5.74) is 0.868. The van der Waals surface area contributed by atoms with Crippen LogP contribution in [0.2, 0.25) is 0 Å². The molecule has 0 aliphatic carbocycles. The smallest absolute Gasteiger partial charge is 0.387 e. The molecule has 29 heavy (non-hydrogen) atoms. The normalized spacial score (nSPS) is 10.6. The molecule has 2 N–H and O–H groups in total. The zero-order valence-electron chi connectivity index (χ0n) is 15.4. The number of hydrogen-bond acceptors (Lipinski definition) is 5. The van der Waals surface area contributed by atoms with Crippen LogP contribution in [0.4, 0.5) is 14.5 Å². The van der Waals surface area contributed by atoms with Crippen LogP contribution in [-0.2, 0) is 14.3 Å². The molecule has 7 nitrogen and oxygen atoms in total. The van der Waals surface area contributed by atoms with Crippen molar-refractivity contribution in [1.29, 1.82) is 0 Å². The number of ether oxygens (including phenoxy) is 2. The van der Waals surface area contributed by atoms with Gasteiger partial charge in [0, 0.05) is 22.9 Å². The van der Waals surface area contributed by atoms with Crippen molar-refractivity contribution in [2.75, 3.05) is 19.0 Å². The second-order valence-corrected chi connectivity index (χ2v) is 5.58. The van der Waals surface area contributed by atoms with Crippen molar-refractivity contribution >= 4 is 29.5 Å². The number of amides is 2. The van der Waals surface area contributed by atoms with Crippen LogP contribution in [0.25, 0.3) is 6.08 Å². The van der Waals surface area contributed by atoms with E-state index in [9.17, 15) is 23.2 Å². The Morgan fingerprint density at radius 2 is 1.86 bits per heavy atom. The van der Waals surface area contributed by atoms with Crippen LogP contribution in [0.3, 0.4) is 0 Å². The molecule has 0 radical (unpaired) electrons. The van der Waals surface area contributed by atoms with Gasteiger partial charge in [0.15, 0.2) is 0 Å². The van der Waals surface area contributed by atoms with Gasteiger partial charge in [0.05, 0.1) is 7.11 Å². The molecule has 0 aliphatic rings. The molecule has 0 saturated carbocycles. The average molecular weight is 404 g/mol. The lowest BCUT2D eigenvalue weighted by Crippen LogP contribution is -2.30. The first-order valence-corrected chi connectivity index (χ1v) is 8.37. The summed E-state index contributed by atoms with van der Waals surface area (Å²) in [6, 6.07) is 12.1. The summed E-state index contributed by atoms with van der Waals surface area (Å²) in [5, 5.41) is 4.94. The van der Waals surface area contributed by atoms with E-state index in [1.165, 1.54) is 43.5 Å². The minimum Gasteiger partial charge on any atom is -0.468 e. The van der Waals surface area contributed by atoms with Crippen LogP contribution in [0.15, 0.2) is 54.6 Å². The number of anilines is 1. The number of benzene rings is 2. The van der Waals surface area contributed by atoms with E-state index < -0.39 is 24.4 Å². The molecule has 0 unspecified atom stereocenters. The fourth-order valence-electron chi connectivity index (χ4n) is 2.24. The third-order valence-corrected chi connectivity index (χ3v) is 3.56. The fraction of sp³-hybridized carbons (Fsp3) is 0.150. The van der Waals surface area contributed by atoms with Crippen molar-refractivity contribution in [2.24, 2.45) is 0 Å². The van der Waals surface area contributed by atoms with Gasteiger partial charge in [-0.1, -0.05) is 24.3 Å². The Kier molecular flexibility index (Phi) is 7.84. The monoisotopic (exact) mass is 404 g/mol. The van der Waals surface area contributed by atoms with Gasteiger partial charge in [-0.25, -0.2) is 0 Å². The van der Waals surface area contributed by atoms with Crippen LogP contribution >= 0.6 is 0 Å². The fourth-order valence-corrected chi connectivity index (χ4v) is 2.24. The van der Waals surface area contributed by atoms with Crippen molar-refractivity contribution < 1.29 is 32.6 Å². The topological polar surface area (TPSA) is 93.7 Å². The molecule has 2 amide bonds. The third kappa shape index (κ3) is 7.06. The quantitative estimate of drug-likeness (QED) is 0.521. The molecule has 152 valence electrons. The molecular formula is C20H18F2N2O5. The van der Waals surface area contributed by atoms with E-state index >= 15 is 0 Å². The number of carbonyl (C=O) groups excluding carboxylic acids is 3. The van der Waals surface area contributed by atoms with Crippen LogP contribution in [0.1, 0.15) is 15.9 Å². The Morgan fingerprint density at radius 1 is 1.10 bits per heavy atom. The number of methoxy groups -OCH3 is 1. The first-order chi connectivity index (χ1) is 13.9. The molecule has 0 aliphatic heterocycles. The zero-order valence-corrected chi connectivity index (χ0v) is 15.4. The van der Waals surface area contributed by atoms with Crippen LogP contribution < -0.4 is 15.4 Å². The van der Waals surface area contributed by atoms with Crippen molar-refractivity contribution in [3.63, 3.8) is 0 Å². The minimum atomic E-state index is -2.98. The maximum absolute atomic E-state index is 12.4. The highest BCUT2D eigenvalue weighted by Gasteiger charge is 2.10. The van der Waals surface area contributed by atoms with Gasteiger partial charge in [-0.15, -0.1) is 0 Å². The molecule has 0 heterocycles. The van der Waals surface area contributed by atoms with Gasteiger partial charge >= 0.3 is 12.6 Å². The van der Waals surface area contributed by atoms with E-state index in [-0.39, 0.29) is 17.9 Å². The van der Waals surface area contributed by atoms with Crippen molar-refractivity contribution in [2.45, 2.75) is 6.61 Å². The number of alkyl halides is 2. The maximum atomic E-state index is 12.4. The summed E-state index contributed by atoms with van der Waals surface area (Å²) in [7, 11) is 1.20. The highest BCUT2D eigenvalue weighted by molar-refractivity contribution is 6.03. The molecule has 2 aromatic rings. The number of hydrogen-bond donors (Lipinski definition) is 2. The second-order valence-electron chi connectivity index (χ2n) is 5.58. The van der Waals surface area contributed by atoms with Gasteiger partial charge < -0.3 is 20.1 Å². The molecule has 0 bridgehead atoms. The van der Waals surface area contributed by atoms with E-state index in [1.807, 2.05) is 0 Å². The molecular weight excluding hydrogens is 386 g/mol. The van der Waals surface area contributed by atoms with Gasteiger partial charge in [0.25, 0.3) is 5.91 Å². The number of carbonyl (C=O) groups is 3. The average Bonchev–Trinajstić information content (AvgIpc) is 2.70. The number of nitrogens with one attached hydrogen (secondary N) is 2. The number of para-hydroxylation sites is 1. The van der Waals surface area contributed by atoms with Crippen molar-refractivity contribution in [1.82, 2.24) is 5.32 Å². The maximum Gasteiger partial charge on any atom is 0.387 e. The standard InChI is InChI=1S/C20H18F2N2O5/c1-28-18(26)12-23-19(27)14-6-4-7-15(11-14)24-17(25)10-9-13-5-2-3-8-16(13)29-20(21)22/h2-11,20H,12H2,1H3,(H,23,27)(H,24,25). The summed E-state index contributed by atoms with van der Waals surface area (Å²) in [4.78, 5) is 35.2. The Bertz CT molecular complexity index is 915. The summed E-state index contributed by atoms with van der Waals surface area (Å²) >= 11 is 0. The SMILES string of the molecule is COC(=O)CNC(=O)c1cccc(NC(=O)C=Cc2ccccc2OC(F)F)c1. The van der Waals surface area contributed by atoms with Gasteiger partial charge in [-0.05, 0) is 30.3 Å². The lowest BCUT2D eigenvalue weighted by molar-refractivity contribution is -0.139. The minimum absolute atomic E-state index is 0.0594. The van der Waals surface area contributed by atoms with Crippen molar-refractivity contribution in [3.05, 3.63) is 65.7 Å². The largest absolute Gasteiger partial charge is 0.468 e. The third-order valence-electron chi connectivity index (χ3n) is 3.56. The lowest BCUT2D eigenvalue weighted by atomic mass is 10.1. The molecule has 0 fully saturated rings. The Labute approximate surface area is 165 Å². The Morgan fingerprint density at radius 3 is 2.59 bits per heavy atom. The van der Waals surface area contributed by atoms with Gasteiger partial charge in [-0.2, -0.15) is 8.78 Å². The predicted octanol–water partition coefficient (Wildman–Crippen LogP) is 2.84. The molecule has 0 spiro atoms. The summed E-state index contributed by atoms with van der Waals surface area (Å²) < 4.78 is 33.7. The number of rotatable bonds is 8. The highest BCUT2D eigenvalue weighted by Crippen LogP contribution is 2.21. The van der Waals surface area contributed by atoms with Gasteiger partial charge in [-0.3, -0.25) is 14.4 Å². The first kappa shape index (κ1) is 21.5. The van der Waals surface area contributed by atoms with Gasteiger partial charge in [0.2, 0.25) is 5.91 Å². The molecule has 0 atom stereocenters. The van der Waals surface area contributed by atoms with E-state index in [2.05, 4.69) is 20.1 Å².